The Morgan fingerprint density at radius 1 is 1.50 bits per heavy atom. The van der Waals surface area contributed by atoms with Crippen molar-refractivity contribution in [2.75, 3.05) is 13.7 Å². The highest BCUT2D eigenvalue weighted by Crippen LogP contribution is 2.40. The van der Waals surface area contributed by atoms with Gasteiger partial charge in [-0.25, -0.2) is 4.98 Å². The van der Waals surface area contributed by atoms with Crippen LogP contribution in [0.5, 0.6) is 5.75 Å². The van der Waals surface area contributed by atoms with Gasteiger partial charge in [0.05, 0.1) is 24.2 Å². The number of aromatic nitrogens is 2. The van der Waals surface area contributed by atoms with Crippen molar-refractivity contribution in [3.8, 4) is 5.75 Å². The predicted molar refractivity (Wildman–Crippen MR) is 72.5 cm³/mol. The first-order chi connectivity index (χ1) is 10.6. The number of aliphatic hydroxyl groups is 1. The highest BCUT2D eigenvalue weighted by molar-refractivity contribution is 5.89. The summed E-state index contributed by atoms with van der Waals surface area (Å²) in [5.41, 5.74) is 0.612. The molecule has 1 fully saturated rings. The molecule has 22 heavy (non-hydrogen) atoms. The van der Waals surface area contributed by atoms with Crippen LogP contribution in [0.1, 0.15) is 12.1 Å². The number of ether oxygens (including phenoxy) is 3. The van der Waals surface area contributed by atoms with E-state index in [-0.39, 0.29) is 30.2 Å². The van der Waals surface area contributed by atoms with Crippen molar-refractivity contribution in [1.29, 1.82) is 0 Å². The summed E-state index contributed by atoms with van der Waals surface area (Å²) in [5.74, 6) is 0.680. The van der Waals surface area contributed by atoms with E-state index in [0.717, 1.165) is 0 Å². The first-order valence-electron chi connectivity index (χ1n) is 6.75. The maximum atomic E-state index is 11.4. The van der Waals surface area contributed by atoms with Crippen LogP contribution in [0.25, 0.3) is 11.0 Å². The molecule has 0 unspecified atom stereocenters. The predicted octanol–water partition coefficient (Wildman–Crippen LogP) is 0.742. The molecular formula is C13H13N3O6. The lowest BCUT2D eigenvalue weighted by Crippen LogP contribution is -2.36. The molecule has 9 heteroatoms. The van der Waals surface area contributed by atoms with Crippen LogP contribution >= 0.6 is 0 Å². The van der Waals surface area contributed by atoms with Crippen LogP contribution in [0.3, 0.4) is 0 Å². The fraction of sp³-hybridized carbons (Fsp3) is 0.462. The van der Waals surface area contributed by atoms with Gasteiger partial charge in [-0.2, -0.15) is 0 Å². The lowest BCUT2D eigenvalue weighted by atomic mass is 10.2. The number of nitro benzene ring substituents is 1. The summed E-state index contributed by atoms with van der Waals surface area (Å²) in [4.78, 5) is 15.2. The number of rotatable bonds is 2. The summed E-state index contributed by atoms with van der Waals surface area (Å²) in [5, 5.41) is 21.2. The van der Waals surface area contributed by atoms with Gasteiger partial charge in [0.15, 0.2) is 17.5 Å². The number of hydrogen-bond acceptors (Lipinski definition) is 7. The van der Waals surface area contributed by atoms with Gasteiger partial charge in [0.25, 0.3) is 0 Å². The zero-order valence-electron chi connectivity index (χ0n) is 11.6. The van der Waals surface area contributed by atoms with Crippen molar-refractivity contribution >= 4 is 16.7 Å². The second-order valence-corrected chi connectivity index (χ2v) is 5.21. The molecule has 116 valence electrons. The lowest BCUT2D eigenvalue weighted by Gasteiger charge is -2.28. The Labute approximate surface area is 124 Å². The average molecular weight is 307 g/mol. The molecule has 0 radical (unpaired) electrons. The number of benzene rings is 1. The third-order valence-corrected chi connectivity index (χ3v) is 4.03. The van der Waals surface area contributed by atoms with Gasteiger partial charge in [-0.3, -0.25) is 14.7 Å². The molecule has 2 aliphatic rings. The molecule has 3 atom stereocenters. The number of aliphatic hydroxyl groups excluding tert-OH is 1. The Balaban J connectivity index is 1.97. The third-order valence-electron chi connectivity index (χ3n) is 4.03. The van der Waals surface area contributed by atoms with Crippen molar-refractivity contribution in [2.45, 2.75) is 25.0 Å². The standard InChI is InChI=1S/C13H13N3O6/c1-20-8-3-2-6-10(11(8)16(18)19)14-9-5-21-12-7(17)4-22-13(12)15(6)9/h2-3,7,12-13,17H,4-5H2,1H3/t7-,12-,13+/m1/s1. The summed E-state index contributed by atoms with van der Waals surface area (Å²) < 4.78 is 17.9. The topological polar surface area (TPSA) is 109 Å². The first kappa shape index (κ1) is 13.4. The summed E-state index contributed by atoms with van der Waals surface area (Å²) in [6, 6.07) is 3.24. The van der Waals surface area contributed by atoms with Crippen LogP contribution in [0.15, 0.2) is 12.1 Å². The van der Waals surface area contributed by atoms with E-state index >= 15 is 0 Å². The third kappa shape index (κ3) is 1.67. The van der Waals surface area contributed by atoms with Crippen molar-refractivity contribution in [1.82, 2.24) is 9.55 Å². The van der Waals surface area contributed by atoms with Crippen LogP contribution in [0.4, 0.5) is 5.69 Å². The Hall–Kier alpha value is -2.23. The van der Waals surface area contributed by atoms with Gasteiger partial charge in [-0.15, -0.1) is 0 Å². The zero-order chi connectivity index (χ0) is 15.4. The van der Waals surface area contributed by atoms with Gasteiger partial charge < -0.3 is 19.3 Å². The minimum atomic E-state index is -0.719. The van der Waals surface area contributed by atoms with Crippen molar-refractivity contribution in [3.63, 3.8) is 0 Å². The van der Waals surface area contributed by atoms with Crippen LogP contribution < -0.4 is 4.74 Å². The number of methoxy groups -OCH3 is 1. The molecule has 9 nitrogen and oxygen atoms in total. The first-order valence-corrected chi connectivity index (χ1v) is 6.75. The van der Waals surface area contributed by atoms with Gasteiger partial charge in [0.2, 0.25) is 0 Å². The molecule has 0 saturated carbocycles. The monoisotopic (exact) mass is 307 g/mol. The molecule has 0 bridgehead atoms. The van der Waals surface area contributed by atoms with Crippen LogP contribution in [-0.4, -0.2) is 45.5 Å². The van der Waals surface area contributed by atoms with Crippen molar-refractivity contribution in [2.24, 2.45) is 0 Å². The van der Waals surface area contributed by atoms with Crippen LogP contribution in [0.2, 0.25) is 0 Å². The molecular weight excluding hydrogens is 294 g/mol. The fourth-order valence-corrected chi connectivity index (χ4v) is 3.07. The van der Waals surface area contributed by atoms with Gasteiger partial charge >= 0.3 is 5.69 Å². The number of imidazole rings is 1. The van der Waals surface area contributed by atoms with E-state index in [1.54, 1.807) is 10.6 Å². The summed E-state index contributed by atoms with van der Waals surface area (Å²) in [6.07, 6.45) is -1.74. The van der Waals surface area contributed by atoms with Gasteiger partial charge in [-0.05, 0) is 12.1 Å². The smallest absolute Gasteiger partial charge is 0.338 e. The minimum Gasteiger partial charge on any atom is -0.490 e. The van der Waals surface area contributed by atoms with Gasteiger partial charge in [0, 0.05) is 0 Å². The van der Waals surface area contributed by atoms with E-state index in [4.69, 9.17) is 14.2 Å². The fourth-order valence-electron chi connectivity index (χ4n) is 3.07. The molecule has 1 N–H and O–H groups in total. The quantitative estimate of drug-likeness (QED) is 0.643. The summed E-state index contributed by atoms with van der Waals surface area (Å²) in [7, 11) is 1.37. The Morgan fingerprint density at radius 3 is 3.05 bits per heavy atom. The minimum absolute atomic E-state index is 0.151. The second-order valence-electron chi connectivity index (χ2n) is 5.21. The molecule has 0 aliphatic carbocycles. The molecule has 2 aromatic rings. The zero-order valence-corrected chi connectivity index (χ0v) is 11.6. The SMILES string of the molecule is COc1ccc2c(nc3n2[C@H]2OC[C@@H](O)[C@H]2OC3)c1[N+](=O)[O-]. The maximum Gasteiger partial charge on any atom is 0.338 e. The van der Waals surface area contributed by atoms with Gasteiger partial charge in [0.1, 0.15) is 24.6 Å². The van der Waals surface area contributed by atoms with Crippen LogP contribution in [0, 0.1) is 10.1 Å². The van der Waals surface area contributed by atoms with E-state index in [1.807, 2.05) is 0 Å². The average Bonchev–Trinajstić information content (AvgIpc) is 3.06. The second kappa shape index (κ2) is 4.63. The van der Waals surface area contributed by atoms with E-state index in [0.29, 0.717) is 11.3 Å². The molecule has 4 rings (SSSR count). The molecule has 1 saturated heterocycles. The number of nitrogens with zero attached hydrogens (tertiary/aromatic N) is 3. The normalized spacial score (nSPS) is 26.7. The summed E-state index contributed by atoms with van der Waals surface area (Å²) in [6.45, 7) is 0.322. The van der Waals surface area contributed by atoms with Crippen molar-refractivity contribution in [3.05, 3.63) is 28.1 Å². The van der Waals surface area contributed by atoms with E-state index in [2.05, 4.69) is 4.98 Å². The van der Waals surface area contributed by atoms with E-state index < -0.39 is 23.4 Å². The highest BCUT2D eigenvalue weighted by Gasteiger charge is 2.43. The Kier molecular flexibility index (Phi) is 2.83. The maximum absolute atomic E-state index is 11.4. The van der Waals surface area contributed by atoms with Crippen LogP contribution in [-0.2, 0) is 16.1 Å². The Morgan fingerprint density at radius 2 is 2.32 bits per heavy atom. The summed E-state index contributed by atoms with van der Waals surface area (Å²) >= 11 is 0. The molecule has 3 heterocycles. The molecule has 2 aliphatic heterocycles. The number of nitro groups is 1. The van der Waals surface area contributed by atoms with E-state index in [9.17, 15) is 15.2 Å². The molecule has 1 aromatic carbocycles. The van der Waals surface area contributed by atoms with Crippen molar-refractivity contribution < 1.29 is 24.2 Å². The number of hydrogen-bond donors (Lipinski definition) is 1. The molecule has 1 aromatic heterocycles. The molecule has 0 amide bonds. The lowest BCUT2D eigenvalue weighted by molar-refractivity contribution is -0.384. The number of fused-ring (bicyclic) bond motifs is 5. The largest absolute Gasteiger partial charge is 0.490 e. The highest BCUT2D eigenvalue weighted by atomic mass is 16.6. The molecule has 0 spiro atoms. The van der Waals surface area contributed by atoms with Gasteiger partial charge in [-0.1, -0.05) is 0 Å². The van der Waals surface area contributed by atoms with E-state index in [1.165, 1.54) is 13.2 Å². The Bertz CT molecular complexity index is 773.